The third kappa shape index (κ3) is 17.6. The van der Waals surface area contributed by atoms with Crippen LogP contribution in [0.3, 0.4) is 0 Å². The van der Waals surface area contributed by atoms with E-state index in [0.29, 0.717) is 11.8 Å². The molecule has 0 aliphatic heterocycles. The third-order valence-electron chi connectivity index (χ3n) is 1.29. The molecule has 7 heteroatoms. The van der Waals surface area contributed by atoms with Gasteiger partial charge >= 0.3 is 51.4 Å². The molecule has 0 aromatic carbocycles. The Morgan fingerprint density at radius 2 is 1.60 bits per heavy atom. The molecule has 0 heterocycles. The van der Waals surface area contributed by atoms with Crippen LogP contribution in [0.1, 0.15) is 20.8 Å². The van der Waals surface area contributed by atoms with Crippen molar-refractivity contribution in [2.24, 2.45) is 5.73 Å². The average molecular weight is 276 g/mol. The third-order valence-corrected chi connectivity index (χ3v) is 1.67. The number of nitrogens with two attached hydrogens (primary N) is 1. The van der Waals surface area contributed by atoms with Crippen molar-refractivity contribution < 1.29 is 61.2 Å². The molecule has 0 aliphatic carbocycles. The molecule has 84 valence electrons. The van der Waals surface area contributed by atoms with E-state index < -0.39 is 5.17 Å². The number of hydrogen-bond donors (Lipinski definition) is 1. The fourth-order valence-corrected chi connectivity index (χ4v) is 1.07. The van der Waals surface area contributed by atoms with Crippen molar-refractivity contribution in [1.82, 2.24) is 4.90 Å². The van der Waals surface area contributed by atoms with Gasteiger partial charge in [-0.3, -0.25) is 0 Å². The second-order valence-corrected chi connectivity index (χ2v) is 2.94. The Kier molecular flexibility index (Phi) is 21.3. The summed E-state index contributed by atoms with van der Waals surface area (Å²) < 4.78 is 5.14. The molecule has 0 saturated carbocycles. The molecule has 0 atom stereocenters. The number of rotatable bonds is 3. The van der Waals surface area contributed by atoms with Crippen LogP contribution in [0.25, 0.3) is 0 Å². The number of ether oxygens (including phenoxy) is 1. The van der Waals surface area contributed by atoms with Gasteiger partial charge in [0.05, 0.1) is 6.61 Å². The molecule has 0 aromatic rings. The van der Waals surface area contributed by atoms with Crippen LogP contribution >= 0.6 is 24.4 Å². The van der Waals surface area contributed by atoms with Gasteiger partial charge in [0, 0.05) is 18.3 Å². The van der Waals surface area contributed by atoms with E-state index in [1.165, 1.54) is 0 Å². The molecule has 0 rings (SSSR count). The van der Waals surface area contributed by atoms with E-state index in [1.807, 2.05) is 11.8 Å². The summed E-state index contributed by atoms with van der Waals surface area (Å²) in [5, 5.41) is 8.91. The number of thiocarbonyl (C=S) groups is 2. The van der Waals surface area contributed by atoms with Crippen molar-refractivity contribution in [1.29, 1.82) is 0 Å². The maximum Gasteiger partial charge on any atom is 1.00 e. The van der Waals surface area contributed by atoms with Crippen LogP contribution in [0.2, 0.25) is 0 Å². The van der Waals surface area contributed by atoms with Gasteiger partial charge in [0.1, 0.15) is 0 Å². The first kappa shape index (κ1) is 21.3. The summed E-state index contributed by atoms with van der Waals surface area (Å²) in [7, 11) is 0. The maximum absolute atomic E-state index is 9.04. The molecule has 0 unspecified atom stereocenters. The van der Waals surface area contributed by atoms with Crippen molar-refractivity contribution in [2.45, 2.75) is 20.8 Å². The molecular weight excluding hydrogens is 259 g/mol. The van der Waals surface area contributed by atoms with Crippen molar-refractivity contribution in [3.8, 4) is 0 Å². The van der Waals surface area contributed by atoms with E-state index in [-0.39, 0.29) is 51.4 Å². The molecule has 15 heavy (non-hydrogen) atoms. The first-order valence-electron chi connectivity index (χ1n) is 4.37. The van der Waals surface area contributed by atoms with Gasteiger partial charge in [-0.1, -0.05) is 12.2 Å². The standard InChI is InChI=1S/C7H15NOS.CH3NOS.K/c1-4-8(5-2)7(10)9-6-3;2-1(3)4;/h4-6H2,1-3H3;(H3,2,3,4);/q;;+1/p-1. The van der Waals surface area contributed by atoms with Crippen LogP contribution in [-0.2, 0) is 4.74 Å². The van der Waals surface area contributed by atoms with Crippen LogP contribution in [0.5, 0.6) is 0 Å². The van der Waals surface area contributed by atoms with Crippen molar-refractivity contribution in [3.05, 3.63) is 0 Å². The predicted octanol–water partition coefficient (Wildman–Crippen LogP) is -2.76. The van der Waals surface area contributed by atoms with Gasteiger partial charge < -0.3 is 20.5 Å². The molecule has 0 radical (unpaired) electrons. The van der Waals surface area contributed by atoms with Crippen LogP contribution in [0, 0.1) is 0 Å². The van der Waals surface area contributed by atoms with Crippen LogP contribution < -0.4 is 62.2 Å². The van der Waals surface area contributed by atoms with Gasteiger partial charge in [0.2, 0.25) is 0 Å². The molecule has 0 saturated heterocycles. The zero-order valence-corrected chi connectivity index (χ0v) is 14.5. The number of hydrogen-bond acceptors (Lipinski definition) is 4. The summed E-state index contributed by atoms with van der Waals surface area (Å²) in [6, 6.07) is 0. The van der Waals surface area contributed by atoms with E-state index in [1.54, 1.807) is 0 Å². The first-order chi connectivity index (χ1) is 6.49. The van der Waals surface area contributed by atoms with E-state index in [0.717, 1.165) is 13.1 Å². The Balaban J connectivity index is -0.000000249. The largest absolute Gasteiger partial charge is 1.00 e. The molecule has 0 aliphatic rings. The minimum Gasteiger partial charge on any atom is -0.852 e. The summed E-state index contributed by atoms with van der Waals surface area (Å²) in [4.78, 5) is 2.01. The molecule has 4 nitrogen and oxygen atoms in total. The van der Waals surface area contributed by atoms with Crippen molar-refractivity contribution in [2.75, 3.05) is 19.7 Å². The zero-order valence-electron chi connectivity index (χ0n) is 9.78. The molecule has 0 amide bonds. The minimum absolute atomic E-state index is 0. The van der Waals surface area contributed by atoms with Gasteiger partial charge in [-0.25, -0.2) is 0 Å². The Labute approximate surface area is 145 Å². The second-order valence-electron chi connectivity index (χ2n) is 2.19. The first-order valence-corrected chi connectivity index (χ1v) is 5.19. The predicted molar refractivity (Wildman–Crippen MR) is 63.9 cm³/mol. The Morgan fingerprint density at radius 1 is 1.27 bits per heavy atom. The fraction of sp³-hybridized carbons (Fsp3) is 0.750. The SMILES string of the molecule is CCOC(=S)N(CC)CC.NC([O-])=S.[K+]. The van der Waals surface area contributed by atoms with Gasteiger partial charge in [-0.15, -0.1) is 0 Å². The van der Waals surface area contributed by atoms with Crippen molar-refractivity contribution >= 4 is 34.8 Å². The summed E-state index contributed by atoms with van der Waals surface area (Å²) in [5.74, 6) is 0. The van der Waals surface area contributed by atoms with Gasteiger partial charge in [-0.05, 0) is 33.0 Å². The smallest absolute Gasteiger partial charge is 0.852 e. The topological polar surface area (TPSA) is 61.5 Å². The Morgan fingerprint density at radius 3 is 1.80 bits per heavy atom. The maximum atomic E-state index is 9.04. The zero-order chi connectivity index (χ0) is 11.6. The van der Waals surface area contributed by atoms with Crippen LogP contribution in [-0.4, -0.2) is 34.9 Å². The van der Waals surface area contributed by atoms with E-state index >= 15 is 0 Å². The normalized spacial score (nSPS) is 7.67. The molecular formula is C8H17KN2O2S2. The fourth-order valence-electron chi connectivity index (χ4n) is 0.697. The average Bonchev–Trinajstić information content (AvgIpc) is 2.06. The van der Waals surface area contributed by atoms with Crippen LogP contribution in [0.15, 0.2) is 0 Å². The summed E-state index contributed by atoms with van der Waals surface area (Å²) in [6.45, 7) is 8.58. The minimum atomic E-state index is -0.750. The summed E-state index contributed by atoms with van der Waals surface area (Å²) >= 11 is 8.74. The quantitative estimate of drug-likeness (QED) is 0.445. The second kappa shape index (κ2) is 15.0. The molecule has 0 bridgehead atoms. The van der Waals surface area contributed by atoms with Gasteiger partial charge in [0.25, 0.3) is 5.17 Å². The number of nitrogens with zero attached hydrogens (tertiary/aromatic N) is 1. The Bertz CT molecular complexity index is 174. The van der Waals surface area contributed by atoms with Gasteiger partial charge in [0.15, 0.2) is 0 Å². The summed E-state index contributed by atoms with van der Waals surface area (Å²) in [5.41, 5.74) is 4.29. The Hall–Kier alpha value is 1.02. The molecule has 0 spiro atoms. The van der Waals surface area contributed by atoms with Gasteiger partial charge in [-0.2, -0.15) is 0 Å². The molecule has 0 aromatic heterocycles. The monoisotopic (exact) mass is 276 g/mol. The van der Waals surface area contributed by atoms with Crippen molar-refractivity contribution in [3.63, 3.8) is 0 Å². The van der Waals surface area contributed by atoms with Crippen LogP contribution in [0.4, 0.5) is 0 Å². The molecule has 2 N–H and O–H groups in total. The van der Waals surface area contributed by atoms with E-state index in [9.17, 15) is 0 Å². The summed E-state index contributed by atoms with van der Waals surface area (Å²) in [6.07, 6.45) is 0. The van der Waals surface area contributed by atoms with E-state index in [2.05, 4.69) is 31.8 Å². The molecule has 0 fully saturated rings. The van der Waals surface area contributed by atoms with E-state index in [4.69, 9.17) is 22.1 Å².